The molecule has 0 radical (unpaired) electrons. The Bertz CT molecular complexity index is 322. The molecule has 1 heterocycles. The highest BCUT2D eigenvalue weighted by Crippen LogP contribution is 2.05. The fourth-order valence-electron chi connectivity index (χ4n) is 1.31. The van der Waals surface area contributed by atoms with E-state index < -0.39 is 13.0 Å². The molecule has 0 aliphatic heterocycles. The summed E-state index contributed by atoms with van der Waals surface area (Å²) in [6, 6.07) is 0. The van der Waals surface area contributed by atoms with Crippen LogP contribution in [0.3, 0.4) is 0 Å². The fourth-order valence-corrected chi connectivity index (χ4v) is 1.31. The molecule has 0 spiro atoms. The van der Waals surface area contributed by atoms with Crippen molar-refractivity contribution < 1.29 is 13.9 Å². The van der Waals surface area contributed by atoms with E-state index in [4.69, 9.17) is 10.9 Å². The summed E-state index contributed by atoms with van der Waals surface area (Å²) in [6.07, 6.45) is 0.416. The van der Waals surface area contributed by atoms with E-state index in [1.165, 1.54) is 17.3 Å². The molecular weight excluding hydrogens is 232 g/mol. The predicted molar refractivity (Wildman–Crippen MR) is 58.2 cm³/mol. The van der Waals surface area contributed by atoms with Crippen molar-refractivity contribution in [2.45, 2.75) is 13.0 Å². The van der Waals surface area contributed by atoms with Crippen LogP contribution in [0.1, 0.15) is 5.69 Å². The minimum atomic E-state index is -2.44. The highest BCUT2D eigenvalue weighted by molar-refractivity contribution is 5.28. The van der Waals surface area contributed by atoms with Crippen molar-refractivity contribution in [2.24, 2.45) is 5.84 Å². The van der Waals surface area contributed by atoms with Crippen LogP contribution in [-0.2, 0) is 6.54 Å². The van der Waals surface area contributed by atoms with E-state index in [1.807, 2.05) is 0 Å². The van der Waals surface area contributed by atoms with Gasteiger partial charge in [0.25, 0.3) is 6.43 Å². The van der Waals surface area contributed by atoms with Crippen LogP contribution < -0.4 is 11.3 Å². The molecule has 0 aliphatic rings. The maximum atomic E-state index is 12.2. The summed E-state index contributed by atoms with van der Waals surface area (Å²) < 4.78 is 24.5. The van der Waals surface area contributed by atoms with Gasteiger partial charge in [-0.05, 0) is 0 Å². The first-order chi connectivity index (χ1) is 8.15. The lowest BCUT2D eigenvalue weighted by Gasteiger charge is -2.19. The Morgan fingerprint density at radius 2 is 2.18 bits per heavy atom. The standard InChI is InChI=1S/C9H15F2N5O/c10-8(11)6-16(1-2-17)5-7-3-14-9(15-12)4-13-7/h3-4,8,17H,1-2,5-6,12H2,(H,14,15). The quantitative estimate of drug-likeness (QED) is 0.458. The van der Waals surface area contributed by atoms with Gasteiger partial charge in [-0.2, -0.15) is 0 Å². The monoisotopic (exact) mass is 247 g/mol. The molecule has 0 aliphatic carbocycles. The molecule has 0 aromatic carbocycles. The van der Waals surface area contributed by atoms with Gasteiger partial charge < -0.3 is 10.5 Å². The maximum absolute atomic E-state index is 12.2. The van der Waals surface area contributed by atoms with Crippen molar-refractivity contribution in [3.63, 3.8) is 0 Å². The minimum absolute atomic E-state index is 0.170. The van der Waals surface area contributed by atoms with Crippen LogP contribution in [0.5, 0.6) is 0 Å². The van der Waals surface area contributed by atoms with Gasteiger partial charge in [-0.3, -0.25) is 9.88 Å². The molecule has 0 saturated heterocycles. The van der Waals surface area contributed by atoms with E-state index in [0.717, 1.165) is 0 Å². The number of aliphatic hydroxyl groups excluding tert-OH is 1. The van der Waals surface area contributed by atoms with E-state index in [1.54, 1.807) is 0 Å². The summed E-state index contributed by atoms with van der Waals surface area (Å²) in [5.41, 5.74) is 2.86. The Morgan fingerprint density at radius 1 is 1.41 bits per heavy atom. The second kappa shape index (κ2) is 7.05. The Morgan fingerprint density at radius 3 is 2.65 bits per heavy atom. The number of nitrogen functional groups attached to an aromatic ring is 1. The van der Waals surface area contributed by atoms with Crippen molar-refractivity contribution in [1.82, 2.24) is 14.9 Å². The van der Waals surface area contributed by atoms with Gasteiger partial charge in [0, 0.05) is 13.1 Å². The van der Waals surface area contributed by atoms with Crippen LogP contribution in [0.2, 0.25) is 0 Å². The Kier molecular flexibility index (Phi) is 5.67. The summed E-state index contributed by atoms with van der Waals surface area (Å²) in [6.45, 7) is -0.201. The molecule has 0 amide bonds. The Balaban J connectivity index is 2.58. The number of nitrogens with two attached hydrogens (primary N) is 1. The zero-order chi connectivity index (χ0) is 12.7. The van der Waals surface area contributed by atoms with Crippen LogP contribution in [-0.4, -0.2) is 46.1 Å². The topological polar surface area (TPSA) is 87.3 Å². The van der Waals surface area contributed by atoms with E-state index in [2.05, 4.69) is 15.4 Å². The average Bonchev–Trinajstić information content (AvgIpc) is 2.29. The van der Waals surface area contributed by atoms with Gasteiger partial charge in [0.1, 0.15) is 0 Å². The molecule has 4 N–H and O–H groups in total. The third kappa shape index (κ3) is 4.98. The van der Waals surface area contributed by atoms with Crippen molar-refractivity contribution in [1.29, 1.82) is 0 Å². The van der Waals surface area contributed by atoms with Crippen LogP contribution in [0, 0.1) is 0 Å². The molecular formula is C9H15F2N5O. The van der Waals surface area contributed by atoms with Gasteiger partial charge in [0.05, 0.1) is 31.2 Å². The largest absolute Gasteiger partial charge is 0.395 e. The normalized spacial score (nSPS) is 11.2. The number of alkyl halides is 2. The summed E-state index contributed by atoms with van der Waals surface area (Å²) in [5, 5.41) is 8.76. The van der Waals surface area contributed by atoms with Crippen molar-refractivity contribution >= 4 is 5.82 Å². The lowest BCUT2D eigenvalue weighted by molar-refractivity contribution is 0.0740. The van der Waals surface area contributed by atoms with E-state index in [9.17, 15) is 8.78 Å². The molecule has 1 rings (SSSR count). The van der Waals surface area contributed by atoms with Crippen molar-refractivity contribution in [3.8, 4) is 0 Å². The zero-order valence-corrected chi connectivity index (χ0v) is 9.18. The Labute approximate surface area is 97.4 Å². The molecule has 1 aromatic rings. The first-order valence-electron chi connectivity index (χ1n) is 5.04. The number of nitrogens with zero attached hydrogens (tertiary/aromatic N) is 3. The molecule has 0 saturated carbocycles. The fraction of sp³-hybridized carbons (Fsp3) is 0.556. The number of anilines is 1. The Hall–Kier alpha value is -1.38. The zero-order valence-electron chi connectivity index (χ0n) is 9.18. The second-order valence-corrected chi connectivity index (χ2v) is 3.39. The lowest BCUT2D eigenvalue weighted by atomic mass is 10.3. The van der Waals surface area contributed by atoms with Gasteiger partial charge in [-0.15, -0.1) is 0 Å². The van der Waals surface area contributed by atoms with Gasteiger partial charge in [-0.25, -0.2) is 19.6 Å². The second-order valence-electron chi connectivity index (χ2n) is 3.39. The third-order valence-electron chi connectivity index (χ3n) is 2.05. The van der Waals surface area contributed by atoms with Gasteiger partial charge in [0.2, 0.25) is 0 Å². The van der Waals surface area contributed by atoms with E-state index in [0.29, 0.717) is 11.5 Å². The average molecular weight is 247 g/mol. The molecule has 0 unspecified atom stereocenters. The summed E-state index contributed by atoms with van der Waals surface area (Å²) in [7, 11) is 0. The molecule has 1 aromatic heterocycles. The maximum Gasteiger partial charge on any atom is 0.251 e. The minimum Gasteiger partial charge on any atom is -0.395 e. The number of hydrogen-bond acceptors (Lipinski definition) is 6. The number of hydrogen-bond donors (Lipinski definition) is 3. The van der Waals surface area contributed by atoms with Gasteiger partial charge in [0.15, 0.2) is 5.82 Å². The van der Waals surface area contributed by atoms with E-state index >= 15 is 0 Å². The molecule has 0 bridgehead atoms. The SMILES string of the molecule is NNc1cnc(CN(CCO)CC(F)F)cn1. The van der Waals surface area contributed by atoms with Gasteiger partial charge >= 0.3 is 0 Å². The first-order valence-corrected chi connectivity index (χ1v) is 5.04. The molecule has 6 nitrogen and oxygen atoms in total. The number of rotatable bonds is 7. The first kappa shape index (κ1) is 13.7. The van der Waals surface area contributed by atoms with Gasteiger partial charge in [-0.1, -0.05) is 0 Å². The highest BCUT2D eigenvalue weighted by atomic mass is 19.3. The molecule has 96 valence electrons. The van der Waals surface area contributed by atoms with Crippen molar-refractivity contribution in [2.75, 3.05) is 25.1 Å². The predicted octanol–water partition coefficient (Wildman–Crippen LogP) is -0.178. The van der Waals surface area contributed by atoms with Crippen LogP contribution in [0.4, 0.5) is 14.6 Å². The molecule has 8 heteroatoms. The van der Waals surface area contributed by atoms with Crippen LogP contribution in [0.25, 0.3) is 0 Å². The summed E-state index contributed by atoms with van der Waals surface area (Å²) in [4.78, 5) is 9.33. The number of nitrogens with one attached hydrogen (secondary N) is 1. The highest BCUT2D eigenvalue weighted by Gasteiger charge is 2.12. The summed E-state index contributed by atoms with van der Waals surface area (Å²) in [5.74, 6) is 5.52. The number of aromatic nitrogens is 2. The number of halogens is 2. The number of aliphatic hydroxyl groups is 1. The smallest absolute Gasteiger partial charge is 0.251 e. The summed E-state index contributed by atoms with van der Waals surface area (Å²) >= 11 is 0. The van der Waals surface area contributed by atoms with Crippen LogP contribution >= 0.6 is 0 Å². The lowest BCUT2D eigenvalue weighted by Crippen LogP contribution is -2.31. The molecule has 17 heavy (non-hydrogen) atoms. The molecule has 0 fully saturated rings. The van der Waals surface area contributed by atoms with Crippen molar-refractivity contribution in [3.05, 3.63) is 18.1 Å². The number of hydrazine groups is 1. The van der Waals surface area contributed by atoms with Crippen LogP contribution in [0.15, 0.2) is 12.4 Å². The molecule has 0 atom stereocenters. The third-order valence-corrected chi connectivity index (χ3v) is 2.05. The van der Waals surface area contributed by atoms with E-state index in [-0.39, 0.29) is 19.7 Å².